The summed E-state index contributed by atoms with van der Waals surface area (Å²) in [7, 11) is 0. The minimum absolute atomic E-state index is 0.0100. The fourth-order valence-electron chi connectivity index (χ4n) is 1.30. The summed E-state index contributed by atoms with van der Waals surface area (Å²) in [5.41, 5.74) is 0. The van der Waals surface area contributed by atoms with Crippen molar-refractivity contribution in [1.82, 2.24) is 4.90 Å². The Labute approximate surface area is 66.0 Å². The summed E-state index contributed by atoms with van der Waals surface area (Å²) in [4.78, 5) is 12.6. The molecule has 60 valence electrons. The Balaban J connectivity index is 2.57. The molecule has 0 spiro atoms. The van der Waals surface area contributed by atoms with Crippen LogP contribution >= 0.6 is 0 Å². The number of rotatable bonds is 2. The third-order valence-electron chi connectivity index (χ3n) is 1.86. The van der Waals surface area contributed by atoms with Gasteiger partial charge < -0.3 is 10.0 Å². The summed E-state index contributed by atoms with van der Waals surface area (Å²) in [6, 6.07) is -0.0883. The molecule has 11 heavy (non-hydrogen) atoms. The monoisotopic (exact) mass is 153 g/mol. The second kappa shape index (κ2) is 3.40. The average Bonchev–Trinajstić information content (AvgIpc) is 2.34. The lowest BCUT2D eigenvalue weighted by molar-refractivity contribution is -0.128. The van der Waals surface area contributed by atoms with Gasteiger partial charge in [0, 0.05) is 13.0 Å². The van der Waals surface area contributed by atoms with E-state index in [0.717, 1.165) is 6.42 Å². The Kier molecular flexibility index (Phi) is 2.50. The highest BCUT2D eigenvalue weighted by molar-refractivity contribution is 5.79. The van der Waals surface area contributed by atoms with Crippen LogP contribution in [0.5, 0.6) is 0 Å². The molecular formula is C8H11NO2. The van der Waals surface area contributed by atoms with E-state index in [1.807, 2.05) is 0 Å². The molecule has 3 heteroatoms. The second-order valence-electron chi connectivity index (χ2n) is 2.53. The maximum absolute atomic E-state index is 11.1. The van der Waals surface area contributed by atoms with E-state index in [1.54, 1.807) is 4.90 Å². The molecule has 1 heterocycles. The number of terminal acetylenes is 1. The number of amides is 1. The number of aliphatic hydroxyl groups is 1. The molecule has 3 nitrogen and oxygen atoms in total. The fraction of sp³-hybridized carbons (Fsp3) is 0.625. The van der Waals surface area contributed by atoms with Crippen LogP contribution in [0.2, 0.25) is 0 Å². The number of aliphatic hydroxyl groups excluding tert-OH is 1. The van der Waals surface area contributed by atoms with Crippen LogP contribution in [-0.4, -0.2) is 35.1 Å². The fourth-order valence-corrected chi connectivity index (χ4v) is 1.30. The third kappa shape index (κ3) is 1.52. The first kappa shape index (κ1) is 8.09. The van der Waals surface area contributed by atoms with Crippen molar-refractivity contribution < 1.29 is 9.90 Å². The molecule has 1 amide bonds. The van der Waals surface area contributed by atoms with Gasteiger partial charge in [0.2, 0.25) is 5.91 Å². The number of carbonyl (C=O) groups excluding carboxylic acids is 1. The standard InChI is InChI=1S/C8H11NO2/c1-2-7-3-4-8(11)9(7)5-6-10/h1,7,10H,3-6H2/t7-/m1/s1. The molecule has 0 aromatic rings. The average molecular weight is 153 g/mol. The van der Waals surface area contributed by atoms with Crippen LogP contribution in [0.4, 0.5) is 0 Å². The van der Waals surface area contributed by atoms with E-state index in [2.05, 4.69) is 5.92 Å². The number of β-amino-alcohol motifs (C(OH)–C–C–N with tert-alkyl or cyclic N) is 1. The molecule has 1 rings (SSSR count). The molecule has 1 N–H and O–H groups in total. The Bertz CT molecular complexity index is 195. The third-order valence-corrected chi connectivity index (χ3v) is 1.86. The molecule has 0 radical (unpaired) electrons. The van der Waals surface area contributed by atoms with Crippen molar-refractivity contribution in [2.24, 2.45) is 0 Å². The molecule has 0 saturated carbocycles. The zero-order chi connectivity index (χ0) is 8.27. The van der Waals surface area contributed by atoms with Crippen molar-refractivity contribution in [3.8, 4) is 12.3 Å². The van der Waals surface area contributed by atoms with Crippen molar-refractivity contribution in [3.05, 3.63) is 0 Å². The highest BCUT2D eigenvalue weighted by Gasteiger charge is 2.28. The normalized spacial score (nSPS) is 23.8. The molecule has 0 aromatic carbocycles. The van der Waals surface area contributed by atoms with Gasteiger partial charge in [-0.3, -0.25) is 4.79 Å². The molecule has 0 bridgehead atoms. The van der Waals surface area contributed by atoms with E-state index < -0.39 is 0 Å². The zero-order valence-electron chi connectivity index (χ0n) is 6.29. The summed E-state index contributed by atoms with van der Waals surface area (Å²) < 4.78 is 0. The molecule has 1 fully saturated rings. The molecule has 1 saturated heterocycles. The van der Waals surface area contributed by atoms with Crippen LogP contribution in [0.3, 0.4) is 0 Å². The predicted octanol–water partition coefficient (Wildman–Crippen LogP) is -0.397. The van der Waals surface area contributed by atoms with Crippen LogP contribution in [0.15, 0.2) is 0 Å². The van der Waals surface area contributed by atoms with Gasteiger partial charge in [0.15, 0.2) is 0 Å². The zero-order valence-corrected chi connectivity index (χ0v) is 6.29. The van der Waals surface area contributed by atoms with Crippen LogP contribution in [0.25, 0.3) is 0 Å². The van der Waals surface area contributed by atoms with Crippen molar-refractivity contribution >= 4 is 5.91 Å². The van der Waals surface area contributed by atoms with Gasteiger partial charge in [0.05, 0.1) is 12.6 Å². The Hall–Kier alpha value is -1.01. The lowest BCUT2D eigenvalue weighted by Gasteiger charge is -2.18. The lowest BCUT2D eigenvalue weighted by Crippen LogP contribution is -2.34. The van der Waals surface area contributed by atoms with E-state index >= 15 is 0 Å². The molecule has 0 aliphatic carbocycles. The van der Waals surface area contributed by atoms with Crippen molar-refractivity contribution in [2.75, 3.05) is 13.2 Å². The summed E-state index contributed by atoms with van der Waals surface area (Å²) in [6.45, 7) is 0.359. The van der Waals surface area contributed by atoms with Crippen LogP contribution in [-0.2, 0) is 4.79 Å². The van der Waals surface area contributed by atoms with E-state index in [1.165, 1.54) is 0 Å². The highest BCUT2D eigenvalue weighted by Crippen LogP contribution is 2.16. The van der Waals surface area contributed by atoms with E-state index in [0.29, 0.717) is 13.0 Å². The molecule has 0 unspecified atom stereocenters. The molecule has 1 atom stereocenters. The van der Waals surface area contributed by atoms with Crippen LogP contribution in [0.1, 0.15) is 12.8 Å². The number of hydrogen-bond donors (Lipinski definition) is 1. The van der Waals surface area contributed by atoms with Gasteiger partial charge in [0.1, 0.15) is 0 Å². The Morgan fingerprint density at radius 3 is 3.09 bits per heavy atom. The molecule has 1 aliphatic rings. The van der Waals surface area contributed by atoms with Crippen LogP contribution in [0, 0.1) is 12.3 Å². The molecule has 1 aliphatic heterocycles. The maximum atomic E-state index is 11.1. The predicted molar refractivity (Wildman–Crippen MR) is 40.7 cm³/mol. The number of hydrogen-bond acceptors (Lipinski definition) is 2. The van der Waals surface area contributed by atoms with E-state index in [4.69, 9.17) is 11.5 Å². The molecular weight excluding hydrogens is 142 g/mol. The van der Waals surface area contributed by atoms with Gasteiger partial charge in [-0.05, 0) is 6.42 Å². The Morgan fingerprint density at radius 2 is 2.55 bits per heavy atom. The quantitative estimate of drug-likeness (QED) is 0.548. The summed E-state index contributed by atoms with van der Waals surface area (Å²) in [5.74, 6) is 2.58. The highest BCUT2D eigenvalue weighted by atomic mass is 16.3. The minimum Gasteiger partial charge on any atom is -0.395 e. The van der Waals surface area contributed by atoms with Gasteiger partial charge in [-0.2, -0.15) is 0 Å². The first-order valence-corrected chi connectivity index (χ1v) is 3.66. The van der Waals surface area contributed by atoms with Crippen LogP contribution < -0.4 is 0 Å². The number of nitrogens with zero attached hydrogens (tertiary/aromatic N) is 1. The summed E-state index contributed by atoms with van der Waals surface area (Å²) >= 11 is 0. The van der Waals surface area contributed by atoms with E-state index in [9.17, 15) is 4.79 Å². The van der Waals surface area contributed by atoms with Gasteiger partial charge in [-0.15, -0.1) is 6.42 Å². The topological polar surface area (TPSA) is 40.5 Å². The minimum atomic E-state index is -0.0883. The first-order valence-electron chi connectivity index (χ1n) is 3.66. The lowest BCUT2D eigenvalue weighted by atomic mass is 10.2. The SMILES string of the molecule is C#C[C@@H]1CCC(=O)N1CCO. The summed E-state index contributed by atoms with van der Waals surface area (Å²) in [5, 5.41) is 8.60. The van der Waals surface area contributed by atoms with Crippen molar-refractivity contribution in [2.45, 2.75) is 18.9 Å². The van der Waals surface area contributed by atoms with Crippen molar-refractivity contribution in [1.29, 1.82) is 0 Å². The first-order chi connectivity index (χ1) is 5.29. The smallest absolute Gasteiger partial charge is 0.223 e. The second-order valence-corrected chi connectivity index (χ2v) is 2.53. The van der Waals surface area contributed by atoms with Gasteiger partial charge >= 0.3 is 0 Å². The van der Waals surface area contributed by atoms with Gasteiger partial charge in [0.25, 0.3) is 0 Å². The van der Waals surface area contributed by atoms with Gasteiger partial charge in [-0.25, -0.2) is 0 Å². The number of carbonyl (C=O) groups is 1. The summed E-state index contributed by atoms with van der Waals surface area (Å²) in [6.07, 6.45) is 6.45. The van der Waals surface area contributed by atoms with E-state index in [-0.39, 0.29) is 18.6 Å². The van der Waals surface area contributed by atoms with Gasteiger partial charge in [-0.1, -0.05) is 5.92 Å². The maximum Gasteiger partial charge on any atom is 0.223 e. The Morgan fingerprint density at radius 1 is 1.82 bits per heavy atom. The largest absolute Gasteiger partial charge is 0.395 e. The molecule has 0 aromatic heterocycles. The number of likely N-dealkylation sites (tertiary alicyclic amines) is 1. The van der Waals surface area contributed by atoms with Crippen molar-refractivity contribution in [3.63, 3.8) is 0 Å².